The lowest BCUT2D eigenvalue weighted by Crippen LogP contribution is -2.41. The predicted molar refractivity (Wildman–Crippen MR) is 76.1 cm³/mol. The summed E-state index contributed by atoms with van der Waals surface area (Å²) in [6, 6.07) is 3.63. The van der Waals surface area contributed by atoms with E-state index in [0.717, 1.165) is 6.42 Å². The van der Waals surface area contributed by atoms with Gasteiger partial charge >= 0.3 is 0 Å². The molecule has 1 aliphatic rings. The second kappa shape index (κ2) is 6.51. The van der Waals surface area contributed by atoms with E-state index in [2.05, 4.69) is 16.8 Å². The van der Waals surface area contributed by atoms with Crippen LogP contribution in [0.5, 0.6) is 0 Å². The van der Waals surface area contributed by atoms with Gasteiger partial charge in [0.15, 0.2) is 0 Å². The molecule has 5 nitrogen and oxygen atoms in total. The lowest BCUT2D eigenvalue weighted by Gasteiger charge is -2.26. The Morgan fingerprint density at radius 1 is 1.65 bits per heavy atom. The van der Waals surface area contributed by atoms with Crippen LogP contribution in [0.3, 0.4) is 0 Å². The summed E-state index contributed by atoms with van der Waals surface area (Å²) in [6.07, 6.45) is 2.50. The van der Waals surface area contributed by atoms with Crippen LogP contribution in [0.4, 0.5) is 0 Å². The van der Waals surface area contributed by atoms with E-state index in [1.165, 1.54) is 0 Å². The summed E-state index contributed by atoms with van der Waals surface area (Å²) in [5.41, 5.74) is 6.36. The minimum Gasteiger partial charge on any atom is -0.376 e. The Hall–Kier alpha value is -1.90. The molecule has 0 spiro atoms. The highest BCUT2D eigenvalue weighted by molar-refractivity contribution is 5.94. The number of carbonyl (C=O) groups excluding carboxylic acids is 1. The van der Waals surface area contributed by atoms with E-state index in [1.807, 2.05) is 6.92 Å². The van der Waals surface area contributed by atoms with E-state index in [0.29, 0.717) is 17.9 Å². The van der Waals surface area contributed by atoms with Gasteiger partial charge in [0, 0.05) is 19.9 Å². The molecule has 0 aliphatic carbocycles. The fraction of sp³-hybridized carbons (Fsp3) is 0.467. The van der Waals surface area contributed by atoms with Gasteiger partial charge in [0.25, 0.3) is 5.91 Å². The van der Waals surface area contributed by atoms with Crippen LogP contribution in [0.1, 0.15) is 29.4 Å². The van der Waals surface area contributed by atoms with Gasteiger partial charge in [0.2, 0.25) is 0 Å². The molecule has 2 heterocycles. The molecule has 2 atom stereocenters. The Bertz CT molecular complexity index is 548. The second-order valence-corrected chi connectivity index (χ2v) is 4.75. The van der Waals surface area contributed by atoms with Gasteiger partial charge in [0.05, 0.1) is 24.3 Å². The fourth-order valence-electron chi connectivity index (χ4n) is 2.37. The summed E-state index contributed by atoms with van der Waals surface area (Å²) in [6.45, 7) is 2.92. The van der Waals surface area contributed by atoms with Gasteiger partial charge in [-0.2, -0.15) is 0 Å². The van der Waals surface area contributed by atoms with Crippen molar-refractivity contribution in [1.29, 1.82) is 0 Å². The van der Waals surface area contributed by atoms with Crippen molar-refractivity contribution in [1.82, 2.24) is 9.88 Å². The standard InChI is InChI=1S/C15H19N3O2/c1-11-13(7-10-20-11)18(2)15(19)14-12(5-3-8-16)6-4-9-17-14/h4,6,9,11,13H,7-8,10,16H2,1-2H3. The molecule has 0 saturated carbocycles. The van der Waals surface area contributed by atoms with Gasteiger partial charge in [-0.25, -0.2) is 4.98 Å². The number of hydrogen-bond donors (Lipinski definition) is 1. The first-order valence-electron chi connectivity index (χ1n) is 6.68. The predicted octanol–water partition coefficient (Wildman–Crippen LogP) is 0.641. The van der Waals surface area contributed by atoms with E-state index in [-0.39, 0.29) is 24.6 Å². The molecule has 1 fully saturated rings. The Morgan fingerprint density at radius 3 is 3.10 bits per heavy atom. The highest BCUT2D eigenvalue weighted by Crippen LogP contribution is 2.20. The summed E-state index contributed by atoms with van der Waals surface area (Å²) in [5.74, 6) is 5.52. The Labute approximate surface area is 119 Å². The Kier molecular flexibility index (Phi) is 4.72. The zero-order chi connectivity index (χ0) is 14.5. The quantitative estimate of drug-likeness (QED) is 0.803. The van der Waals surface area contributed by atoms with Crippen molar-refractivity contribution in [2.45, 2.75) is 25.5 Å². The number of amides is 1. The molecule has 1 saturated heterocycles. The monoisotopic (exact) mass is 273 g/mol. The van der Waals surface area contributed by atoms with Crippen molar-refractivity contribution in [3.63, 3.8) is 0 Å². The molecule has 1 aromatic heterocycles. The molecule has 106 valence electrons. The third-order valence-corrected chi connectivity index (χ3v) is 3.49. The molecule has 1 aliphatic heterocycles. The van der Waals surface area contributed by atoms with Gasteiger partial charge in [-0.3, -0.25) is 4.79 Å². The summed E-state index contributed by atoms with van der Waals surface area (Å²) in [5, 5.41) is 0. The number of carbonyl (C=O) groups is 1. The number of likely N-dealkylation sites (N-methyl/N-ethyl adjacent to an activating group) is 1. The van der Waals surface area contributed by atoms with Gasteiger partial charge in [-0.15, -0.1) is 0 Å². The van der Waals surface area contributed by atoms with Crippen molar-refractivity contribution in [3.8, 4) is 11.8 Å². The number of nitrogens with two attached hydrogens (primary N) is 1. The lowest BCUT2D eigenvalue weighted by atomic mass is 10.1. The van der Waals surface area contributed by atoms with Gasteiger partial charge in [0.1, 0.15) is 5.69 Å². The van der Waals surface area contributed by atoms with Crippen LogP contribution in [0.15, 0.2) is 18.3 Å². The van der Waals surface area contributed by atoms with Gasteiger partial charge in [-0.1, -0.05) is 11.8 Å². The van der Waals surface area contributed by atoms with Crippen LogP contribution >= 0.6 is 0 Å². The maximum absolute atomic E-state index is 12.6. The number of pyridine rings is 1. The lowest BCUT2D eigenvalue weighted by molar-refractivity contribution is 0.0569. The van der Waals surface area contributed by atoms with Crippen LogP contribution in [-0.4, -0.2) is 48.1 Å². The maximum atomic E-state index is 12.6. The molecular weight excluding hydrogens is 254 g/mol. The van der Waals surface area contributed by atoms with E-state index in [4.69, 9.17) is 10.5 Å². The number of hydrogen-bond acceptors (Lipinski definition) is 4. The van der Waals surface area contributed by atoms with Crippen LogP contribution in [0.2, 0.25) is 0 Å². The maximum Gasteiger partial charge on any atom is 0.273 e. The van der Waals surface area contributed by atoms with Crippen LogP contribution in [-0.2, 0) is 4.74 Å². The second-order valence-electron chi connectivity index (χ2n) is 4.75. The molecule has 1 amide bonds. The molecule has 20 heavy (non-hydrogen) atoms. The van der Waals surface area contributed by atoms with Gasteiger partial charge < -0.3 is 15.4 Å². The first kappa shape index (κ1) is 14.5. The first-order valence-corrected chi connectivity index (χ1v) is 6.68. The molecule has 2 unspecified atom stereocenters. The van der Waals surface area contributed by atoms with Crippen LogP contribution in [0.25, 0.3) is 0 Å². The molecule has 2 rings (SSSR count). The molecule has 5 heteroatoms. The van der Waals surface area contributed by atoms with Crippen molar-refractivity contribution < 1.29 is 9.53 Å². The number of rotatable bonds is 2. The number of aromatic nitrogens is 1. The normalized spacial score (nSPS) is 21.1. The highest BCUT2D eigenvalue weighted by atomic mass is 16.5. The minimum atomic E-state index is -0.130. The summed E-state index contributed by atoms with van der Waals surface area (Å²) >= 11 is 0. The van der Waals surface area contributed by atoms with Crippen molar-refractivity contribution in [2.75, 3.05) is 20.2 Å². The van der Waals surface area contributed by atoms with Crippen molar-refractivity contribution in [3.05, 3.63) is 29.6 Å². The fourth-order valence-corrected chi connectivity index (χ4v) is 2.37. The Morgan fingerprint density at radius 2 is 2.45 bits per heavy atom. The van der Waals surface area contributed by atoms with E-state index < -0.39 is 0 Å². The third kappa shape index (κ3) is 2.98. The Balaban J connectivity index is 2.24. The topological polar surface area (TPSA) is 68.5 Å². The third-order valence-electron chi connectivity index (χ3n) is 3.49. The summed E-state index contributed by atoms with van der Waals surface area (Å²) < 4.78 is 5.51. The van der Waals surface area contributed by atoms with Crippen LogP contribution in [0, 0.1) is 11.8 Å². The molecule has 2 N–H and O–H groups in total. The largest absolute Gasteiger partial charge is 0.376 e. The molecule has 1 aromatic rings. The first-order chi connectivity index (χ1) is 9.65. The minimum absolute atomic E-state index is 0.0474. The zero-order valence-corrected chi connectivity index (χ0v) is 11.8. The van der Waals surface area contributed by atoms with Crippen molar-refractivity contribution in [2.24, 2.45) is 5.73 Å². The van der Waals surface area contributed by atoms with Gasteiger partial charge in [-0.05, 0) is 25.5 Å². The summed E-state index contributed by atoms with van der Waals surface area (Å²) in [7, 11) is 1.78. The van der Waals surface area contributed by atoms with E-state index >= 15 is 0 Å². The van der Waals surface area contributed by atoms with E-state index in [9.17, 15) is 4.79 Å². The zero-order valence-electron chi connectivity index (χ0n) is 11.8. The molecular formula is C15H19N3O2. The molecule has 0 radical (unpaired) electrons. The average Bonchev–Trinajstić information content (AvgIpc) is 2.90. The SMILES string of the molecule is CC1OCCC1N(C)C(=O)c1ncccc1C#CCN. The highest BCUT2D eigenvalue weighted by Gasteiger charge is 2.32. The van der Waals surface area contributed by atoms with E-state index in [1.54, 1.807) is 30.3 Å². The molecule has 0 aromatic carbocycles. The number of nitrogens with zero attached hydrogens (tertiary/aromatic N) is 2. The average molecular weight is 273 g/mol. The van der Waals surface area contributed by atoms with Crippen LogP contribution < -0.4 is 5.73 Å². The summed E-state index contributed by atoms with van der Waals surface area (Å²) in [4.78, 5) is 18.4. The smallest absolute Gasteiger partial charge is 0.273 e. The number of ether oxygens (including phenoxy) is 1. The molecule has 0 bridgehead atoms. The van der Waals surface area contributed by atoms with Crippen molar-refractivity contribution >= 4 is 5.91 Å².